The van der Waals surface area contributed by atoms with Gasteiger partial charge in [-0.15, -0.1) is 0 Å². The molecule has 0 unspecified atom stereocenters. The summed E-state index contributed by atoms with van der Waals surface area (Å²) in [5, 5.41) is 14.1. The van der Waals surface area contributed by atoms with Gasteiger partial charge in [-0.1, -0.05) is 18.7 Å². The molecule has 0 aromatic heterocycles. The van der Waals surface area contributed by atoms with Crippen LogP contribution in [0.15, 0.2) is 29.3 Å². The van der Waals surface area contributed by atoms with Gasteiger partial charge >= 0.3 is 0 Å². The number of amidine groups is 1. The van der Waals surface area contributed by atoms with Crippen molar-refractivity contribution in [3.05, 3.63) is 39.9 Å². The zero-order valence-electron chi connectivity index (χ0n) is 9.62. The molecule has 94 valence electrons. The molecule has 18 heavy (non-hydrogen) atoms. The van der Waals surface area contributed by atoms with E-state index in [-0.39, 0.29) is 11.6 Å². The van der Waals surface area contributed by atoms with Crippen LogP contribution in [-0.2, 0) is 0 Å². The molecule has 0 saturated heterocycles. The second-order valence-electron chi connectivity index (χ2n) is 3.83. The van der Waals surface area contributed by atoms with Crippen LogP contribution < -0.4 is 5.32 Å². The van der Waals surface area contributed by atoms with Gasteiger partial charge in [0.1, 0.15) is 0 Å². The van der Waals surface area contributed by atoms with Crippen molar-refractivity contribution in [3.8, 4) is 0 Å². The summed E-state index contributed by atoms with van der Waals surface area (Å²) in [6.07, 6.45) is 0. The van der Waals surface area contributed by atoms with Gasteiger partial charge in [-0.25, -0.2) is 0 Å². The van der Waals surface area contributed by atoms with Crippen LogP contribution in [-0.4, -0.2) is 27.8 Å². The Hall–Kier alpha value is -1.89. The number of nitrogens with one attached hydrogen (secondary N) is 1. The fraction of sp³-hybridized carbons (Fsp3) is 0.273. The van der Waals surface area contributed by atoms with E-state index < -0.39 is 4.92 Å². The first kappa shape index (κ1) is 12.6. The second-order valence-corrected chi connectivity index (χ2v) is 5.26. The number of thioether (sulfide) groups is 1. The maximum Gasteiger partial charge on any atom is 0.269 e. The minimum absolute atomic E-state index is 0.0345. The normalized spacial score (nSPS) is 18.3. The SMILES string of the molecule is C[C@H]1CN=C(NC(=O)c2ccc([N+](=O)[O-])cc2)S1. The molecule has 7 heteroatoms. The Balaban J connectivity index is 2.03. The lowest BCUT2D eigenvalue weighted by molar-refractivity contribution is -0.384. The fourth-order valence-corrected chi connectivity index (χ4v) is 2.28. The lowest BCUT2D eigenvalue weighted by atomic mass is 10.2. The Morgan fingerprint density at radius 3 is 2.67 bits per heavy atom. The van der Waals surface area contributed by atoms with E-state index in [1.807, 2.05) is 6.92 Å². The lowest BCUT2D eigenvalue weighted by Crippen LogP contribution is -2.27. The summed E-state index contributed by atoms with van der Waals surface area (Å²) in [7, 11) is 0. The monoisotopic (exact) mass is 265 g/mol. The van der Waals surface area contributed by atoms with Crippen molar-refractivity contribution in [1.82, 2.24) is 5.32 Å². The number of carbonyl (C=O) groups excluding carboxylic acids is 1. The van der Waals surface area contributed by atoms with Gasteiger partial charge in [0.15, 0.2) is 5.17 Å². The molecular formula is C11H11N3O3S. The number of hydrogen-bond donors (Lipinski definition) is 1. The number of nitrogens with zero attached hydrogens (tertiary/aromatic N) is 2. The summed E-state index contributed by atoms with van der Waals surface area (Å²) in [6, 6.07) is 5.47. The van der Waals surface area contributed by atoms with Crippen LogP contribution in [0.2, 0.25) is 0 Å². The molecule has 1 heterocycles. The molecule has 6 nitrogen and oxygen atoms in total. The first-order chi connectivity index (χ1) is 8.56. The third kappa shape index (κ3) is 2.86. The minimum Gasteiger partial charge on any atom is -0.301 e. The van der Waals surface area contributed by atoms with Crippen molar-refractivity contribution in [2.75, 3.05) is 6.54 Å². The van der Waals surface area contributed by atoms with Crippen molar-refractivity contribution in [3.63, 3.8) is 0 Å². The van der Waals surface area contributed by atoms with Crippen LogP contribution in [0.5, 0.6) is 0 Å². The Morgan fingerprint density at radius 2 is 2.17 bits per heavy atom. The van der Waals surface area contributed by atoms with E-state index in [1.165, 1.54) is 36.0 Å². The molecule has 0 radical (unpaired) electrons. The Kier molecular flexibility index (Phi) is 3.61. The van der Waals surface area contributed by atoms with Crippen molar-refractivity contribution < 1.29 is 9.72 Å². The van der Waals surface area contributed by atoms with Gasteiger partial charge in [-0.2, -0.15) is 0 Å². The highest BCUT2D eigenvalue weighted by Gasteiger charge is 2.18. The van der Waals surface area contributed by atoms with E-state index in [0.717, 1.165) is 0 Å². The summed E-state index contributed by atoms with van der Waals surface area (Å²) in [5.74, 6) is -0.301. The van der Waals surface area contributed by atoms with Crippen LogP contribution in [0.25, 0.3) is 0 Å². The number of benzene rings is 1. The zero-order valence-corrected chi connectivity index (χ0v) is 10.4. The van der Waals surface area contributed by atoms with Gasteiger partial charge in [-0.3, -0.25) is 19.9 Å². The standard InChI is InChI=1S/C11H11N3O3S/c1-7-6-12-11(18-7)13-10(15)8-2-4-9(5-3-8)14(16)17/h2-5,7H,6H2,1H3,(H,12,13,15)/t7-/m0/s1. The summed E-state index contributed by atoms with van der Waals surface area (Å²) in [5.41, 5.74) is 0.344. The number of aliphatic imine (C=N–C) groups is 1. The maximum atomic E-state index is 11.8. The van der Waals surface area contributed by atoms with E-state index >= 15 is 0 Å². The number of nitro groups is 1. The van der Waals surface area contributed by atoms with Gasteiger partial charge in [0, 0.05) is 22.9 Å². The first-order valence-corrected chi connectivity index (χ1v) is 6.21. The van der Waals surface area contributed by atoms with Crippen molar-refractivity contribution in [2.24, 2.45) is 4.99 Å². The molecule has 0 aliphatic carbocycles. The Bertz CT molecular complexity index is 513. The van der Waals surface area contributed by atoms with Gasteiger partial charge in [-0.05, 0) is 12.1 Å². The average Bonchev–Trinajstić information content (AvgIpc) is 2.75. The summed E-state index contributed by atoms with van der Waals surface area (Å²) in [6.45, 7) is 2.72. The molecule has 0 fully saturated rings. The van der Waals surface area contributed by atoms with E-state index in [1.54, 1.807) is 0 Å². The molecule has 0 saturated carbocycles. The topological polar surface area (TPSA) is 84.6 Å². The van der Waals surface area contributed by atoms with Crippen molar-refractivity contribution in [2.45, 2.75) is 12.2 Å². The third-order valence-electron chi connectivity index (χ3n) is 2.37. The predicted molar refractivity (Wildman–Crippen MR) is 69.9 cm³/mol. The van der Waals surface area contributed by atoms with Crippen LogP contribution in [0.1, 0.15) is 17.3 Å². The number of rotatable bonds is 2. The molecule has 1 aliphatic rings. The van der Waals surface area contributed by atoms with E-state index in [9.17, 15) is 14.9 Å². The number of hydrogen-bond acceptors (Lipinski definition) is 5. The molecule has 2 rings (SSSR count). The van der Waals surface area contributed by atoms with E-state index in [0.29, 0.717) is 22.5 Å². The summed E-state index contributed by atoms with van der Waals surface area (Å²) < 4.78 is 0. The molecule has 0 spiro atoms. The van der Waals surface area contributed by atoms with Crippen LogP contribution >= 0.6 is 11.8 Å². The Labute approximate surface area is 108 Å². The first-order valence-electron chi connectivity index (χ1n) is 5.33. The minimum atomic E-state index is -0.500. The highest BCUT2D eigenvalue weighted by Crippen LogP contribution is 2.19. The van der Waals surface area contributed by atoms with Crippen LogP contribution in [0.3, 0.4) is 0 Å². The van der Waals surface area contributed by atoms with Crippen molar-refractivity contribution >= 4 is 28.5 Å². The lowest BCUT2D eigenvalue weighted by Gasteiger charge is -2.04. The number of nitro benzene ring substituents is 1. The fourth-order valence-electron chi connectivity index (χ4n) is 1.45. The highest BCUT2D eigenvalue weighted by molar-refractivity contribution is 8.14. The molecule has 1 aromatic rings. The predicted octanol–water partition coefficient (Wildman–Crippen LogP) is 1.82. The molecule has 1 atom stereocenters. The zero-order chi connectivity index (χ0) is 13.1. The smallest absolute Gasteiger partial charge is 0.269 e. The van der Waals surface area contributed by atoms with E-state index in [4.69, 9.17) is 0 Å². The number of non-ortho nitro benzene ring substituents is 1. The quantitative estimate of drug-likeness (QED) is 0.653. The van der Waals surface area contributed by atoms with Crippen LogP contribution in [0, 0.1) is 10.1 Å². The summed E-state index contributed by atoms with van der Waals surface area (Å²) in [4.78, 5) is 26.0. The number of carbonyl (C=O) groups is 1. The number of amides is 1. The second kappa shape index (κ2) is 5.18. The van der Waals surface area contributed by atoms with Gasteiger partial charge in [0.05, 0.1) is 11.5 Å². The molecular weight excluding hydrogens is 254 g/mol. The van der Waals surface area contributed by atoms with Gasteiger partial charge < -0.3 is 5.32 Å². The Morgan fingerprint density at radius 1 is 1.50 bits per heavy atom. The van der Waals surface area contributed by atoms with Crippen molar-refractivity contribution in [1.29, 1.82) is 0 Å². The van der Waals surface area contributed by atoms with Gasteiger partial charge in [0.2, 0.25) is 0 Å². The molecule has 1 N–H and O–H groups in total. The molecule has 1 amide bonds. The third-order valence-corrected chi connectivity index (χ3v) is 3.37. The molecule has 1 aliphatic heterocycles. The summed E-state index contributed by atoms with van der Waals surface area (Å²) >= 11 is 1.51. The highest BCUT2D eigenvalue weighted by atomic mass is 32.2. The average molecular weight is 265 g/mol. The maximum absolute atomic E-state index is 11.8. The van der Waals surface area contributed by atoms with Gasteiger partial charge in [0.25, 0.3) is 11.6 Å². The van der Waals surface area contributed by atoms with Crippen LogP contribution in [0.4, 0.5) is 5.69 Å². The largest absolute Gasteiger partial charge is 0.301 e. The molecule has 1 aromatic carbocycles. The van der Waals surface area contributed by atoms with E-state index in [2.05, 4.69) is 10.3 Å². The molecule has 0 bridgehead atoms.